The SMILES string of the molecule is CC1CC[C@H]2C3C[C@H](C)C4=CC(=O)C=CC4(C)[C@H]3C(O)CC12C. The summed E-state index contributed by atoms with van der Waals surface area (Å²) in [7, 11) is 0. The van der Waals surface area contributed by atoms with E-state index < -0.39 is 0 Å². The van der Waals surface area contributed by atoms with Crippen molar-refractivity contribution >= 4 is 5.78 Å². The molecule has 23 heavy (non-hydrogen) atoms. The second-order valence-electron chi connectivity index (χ2n) is 9.31. The Morgan fingerprint density at radius 1 is 1.22 bits per heavy atom. The molecule has 0 saturated heterocycles. The zero-order valence-corrected chi connectivity index (χ0v) is 14.9. The first-order chi connectivity index (χ1) is 10.8. The van der Waals surface area contributed by atoms with Crippen LogP contribution in [-0.2, 0) is 4.79 Å². The van der Waals surface area contributed by atoms with Crippen molar-refractivity contribution < 1.29 is 9.90 Å². The molecule has 2 heteroatoms. The van der Waals surface area contributed by atoms with Crippen molar-refractivity contribution in [2.75, 3.05) is 0 Å². The highest BCUT2D eigenvalue weighted by Gasteiger charge is 2.61. The molecule has 1 N–H and O–H groups in total. The van der Waals surface area contributed by atoms with Crippen molar-refractivity contribution in [1.82, 2.24) is 0 Å². The van der Waals surface area contributed by atoms with Crippen LogP contribution in [0.4, 0.5) is 0 Å². The Morgan fingerprint density at radius 2 is 1.96 bits per heavy atom. The van der Waals surface area contributed by atoms with Gasteiger partial charge in [-0.05, 0) is 66.9 Å². The molecule has 0 spiro atoms. The summed E-state index contributed by atoms with van der Waals surface area (Å²) in [6.45, 7) is 9.35. The summed E-state index contributed by atoms with van der Waals surface area (Å²) in [5.74, 6) is 2.87. The summed E-state index contributed by atoms with van der Waals surface area (Å²) in [5, 5.41) is 11.1. The second kappa shape index (κ2) is 4.81. The van der Waals surface area contributed by atoms with Crippen LogP contribution in [-0.4, -0.2) is 17.0 Å². The van der Waals surface area contributed by atoms with Crippen molar-refractivity contribution in [3.05, 3.63) is 23.8 Å². The quantitative estimate of drug-likeness (QED) is 0.729. The van der Waals surface area contributed by atoms with Gasteiger partial charge in [0.15, 0.2) is 5.78 Å². The van der Waals surface area contributed by atoms with E-state index in [1.807, 2.05) is 6.08 Å². The van der Waals surface area contributed by atoms with E-state index in [0.29, 0.717) is 23.2 Å². The van der Waals surface area contributed by atoms with Gasteiger partial charge in [0.2, 0.25) is 0 Å². The Morgan fingerprint density at radius 3 is 2.70 bits per heavy atom. The van der Waals surface area contributed by atoms with E-state index in [4.69, 9.17) is 0 Å². The summed E-state index contributed by atoms with van der Waals surface area (Å²) >= 11 is 0. The van der Waals surface area contributed by atoms with Crippen LogP contribution in [0.15, 0.2) is 23.8 Å². The number of aliphatic hydroxyl groups excluding tert-OH is 1. The minimum absolute atomic E-state index is 0.118. The van der Waals surface area contributed by atoms with Gasteiger partial charge in [-0.15, -0.1) is 0 Å². The van der Waals surface area contributed by atoms with E-state index in [9.17, 15) is 9.90 Å². The van der Waals surface area contributed by atoms with Crippen LogP contribution < -0.4 is 0 Å². The number of rotatable bonds is 0. The first kappa shape index (κ1) is 15.6. The summed E-state index contributed by atoms with van der Waals surface area (Å²) in [4.78, 5) is 11.9. The molecule has 8 atom stereocenters. The van der Waals surface area contributed by atoms with Crippen molar-refractivity contribution in [3.8, 4) is 0 Å². The van der Waals surface area contributed by atoms with Gasteiger partial charge in [-0.1, -0.05) is 39.3 Å². The minimum atomic E-state index is -0.249. The van der Waals surface area contributed by atoms with E-state index in [0.717, 1.165) is 18.8 Å². The van der Waals surface area contributed by atoms with E-state index >= 15 is 0 Å². The molecule has 2 nitrogen and oxygen atoms in total. The second-order valence-corrected chi connectivity index (χ2v) is 9.31. The lowest BCUT2D eigenvalue weighted by atomic mass is 9.45. The largest absolute Gasteiger partial charge is 0.393 e. The average molecular weight is 314 g/mol. The zero-order valence-electron chi connectivity index (χ0n) is 14.9. The highest BCUT2D eigenvalue weighted by Crippen LogP contribution is 2.66. The van der Waals surface area contributed by atoms with Crippen LogP contribution in [0.3, 0.4) is 0 Å². The molecule has 0 bridgehead atoms. The van der Waals surface area contributed by atoms with Crippen molar-refractivity contribution in [1.29, 1.82) is 0 Å². The van der Waals surface area contributed by atoms with Crippen molar-refractivity contribution in [2.24, 2.45) is 40.4 Å². The topological polar surface area (TPSA) is 37.3 Å². The van der Waals surface area contributed by atoms with Gasteiger partial charge in [0.05, 0.1) is 6.10 Å². The fourth-order valence-electron chi connectivity index (χ4n) is 7.00. The molecule has 0 heterocycles. The number of hydrogen-bond acceptors (Lipinski definition) is 2. The lowest BCUT2D eigenvalue weighted by Crippen LogP contribution is -2.57. The Balaban J connectivity index is 1.79. The number of carbonyl (C=O) groups is 1. The summed E-state index contributed by atoms with van der Waals surface area (Å²) in [6.07, 6.45) is 10.1. The van der Waals surface area contributed by atoms with Crippen molar-refractivity contribution in [3.63, 3.8) is 0 Å². The monoisotopic (exact) mass is 314 g/mol. The van der Waals surface area contributed by atoms with Gasteiger partial charge >= 0.3 is 0 Å². The molecule has 0 aromatic rings. The van der Waals surface area contributed by atoms with Gasteiger partial charge in [0, 0.05) is 11.3 Å². The maximum atomic E-state index is 11.9. The Bertz CT molecular complexity index is 603. The molecule has 0 aromatic heterocycles. The molecule has 4 aliphatic carbocycles. The van der Waals surface area contributed by atoms with Crippen LogP contribution in [0.1, 0.15) is 53.4 Å². The Kier molecular flexibility index (Phi) is 3.27. The van der Waals surface area contributed by atoms with E-state index in [2.05, 4.69) is 33.8 Å². The fourth-order valence-corrected chi connectivity index (χ4v) is 7.00. The number of carbonyl (C=O) groups excluding carboxylic acids is 1. The molecule has 4 aliphatic rings. The molecule has 0 aliphatic heterocycles. The maximum Gasteiger partial charge on any atom is 0.178 e. The standard InChI is InChI=1S/C21H30O2/c1-12-9-15-16-6-5-13(2)21(16,4)11-18(23)19(15)20(3)8-7-14(22)10-17(12)20/h7-8,10,12-13,15-16,18-19,23H,5-6,9,11H2,1-4H3/t12-,13?,15?,16-,18?,19+,20?,21?/m0/s1. The number of hydrogen-bond donors (Lipinski definition) is 1. The predicted molar refractivity (Wildman–Crippen MR) is 91.7 cm³/mol. The summed E-state index contributed by atoms with van der Waals surface area (Å²) in [6, 6.07) is 0. The number of ketones is 1. The molecule has 4 rings (SSSR count). The molecule has 5 unspecified atom stereocenters. The molecular formula is C21H30O2. The summed E-state index contributed by atoms with van der Waals surface area (Å²) < 4.78 is 0. The van der Waals surface area contributed by atoms with Crippen molar-refractivity contribution in [2.45, 2.75) is 59.5 Å². The minimum Gasteiger partial charge on any atom is -0.393 e. The van der Waals surface area contributed by atoms with E-state index in [1.54, 1.807) is 6.08 Å². The molecule has 0 amide bonds. The van der Waals surface area contributed by atoms with Gasteiger partial charge in [-0.2, -0.15) is 0 Å². The molecule has 0 radical (unpaired) electrons. The average Bonchev–Trinajstić information content (AvgIpc) is 2.76. The van der Waals surface area contributed by atoms with Gasteiger partial charge in [-0.25, -0.2) is 0 Å². The highest BCUT2D eigenvalue weighted by atomic mass is 16.3. The van der Waals surface area contributed by atoms with Crippen LogP contribution in [0.25, 0.3) is 0 Å². The predicted octanol–water partition coefficient (Wildman–Crippen LogP) is 4.15. The third-order valence-electron chi connectivity index (χ3n) is 8.29. The lowest BCUT2D eigenvalue weighted by Gasteiger charge is -2.60. The van der Waals surface area contributed by atoms with Gasteiger partial charge in [0.25, 0.3) is 0 Å². The maximum absolute atomic E-state index is 11.9. The van der Waals surface area contributed by atoms with Gasteiger partial charge in [-0.3, -0.25) is 4.79 Å². The number of aliphatic hydroxyl groups is 1. The third kappa shape index (κ3) is 1.94. The molecule has 3 fully saturated rings. The molecule has 3 saturated carbocycles. The van der Waals surface area contributed by atoms with Crippen LogP contribution >= 0.6 is 0 Å². The van der Waals surface area contributed by atoms with Crippen LogP contribution in [0, 0.1) is 40.4 Å². The van der Waals surface area contributed by atoms with E-state index in [-0.39, 0.29) is 23.2 Å². The number of allylic oxidation sites excluding steroid dienone is 4. The van der Waals surface area contributed by atoms with Gasteiger partial charge in [0.1, 0.15) is 0 Å². The Hall–Kier alpha value is -0.890. The highest BCUT2D eigenvalue weighted by molar-refractivity contribution is 6.01. The Labute approximate surface area is 140 Å². The smallest absolute Gasteiger partial charge is 0.178 e. The molecule has 0 aromatic carbocycles. The van der Waals surface area contributed by atoms with Crippen LogP contribution in [0.5, 0.6) is 0 Å². The van der Waals surface area contributed by atoms with E-state index in [1.165, 1.54) is 18.4 Å². The van der Waals surface area contributed by atoms with Crippen LogP contribution in [0.2, 0.25) is 0 Å². The third-order valence-corrected chi connectivity index (χ3v) is 8.29. The zero-order chi connectivity index (χ0) is 16.6. The fraction of sp³-hybridized carbons (Fsp3) is 0.762. The normalized spacial score (nSPS) is 55.0. The molecular weight excluding hydrogens is 284 g/mol. The van der Waals surface area contributed by atoms with Gasteiger partial charge < -0.3 is 5.11 Å². The molecule has 126 valence electrons. The first-order valence-electron chi connectivity index (χ1n) is 9.40. The number of fused-ring (bicyclic) bond motifs is 5. The summed E-state index contributed by atoms with van der Waals surface area (Å²) in [5.41, 5.74) is 1.43. The lowest BCUT2D eigenvalue weighted by molar-refractivity contribution is -0.122. The first-order valence-corrected chi connectivity index (χ1v) is 9.40.